The van der Waals surface area contributed by atoms with Crippen molar-refractivity contribution in [3.05, 3.63) is 42.2 Å². The summed E-state index contributed by atoms with van der Waals surface area (Å²) in [6, 6.07) is 8.58. The molecule has 1 saturated carbocycles. The van der Waals surface area contributed by atoms with Gasteiger partial charge in [-0.15, -0.1) is 0 Å². The average molecular weight is 276 g/mol. The van der Waals surface area contributed by atoms with E-state index in [9.17, 15) is 4.39 Å². The first-order valence-electron chi connectivity index (χ1n) is 7.81. The van der Waals surface area contributed by atoms with Crippen LogP contribution in [0.15, 0.2) is 36.7 Å². The van der Waals surface area contributed by atoms with Crippen molar-refractivity contribution in [1.29, 1.82) is 0 Å². The fraction of sp³-hybridized carbons (Fsp3) is 0.556. The molecule has 1 aromatic rings. The van der Waals surface area contributed by atoms with Crippen LogP contribution in [0.25, 0.3) is 0 Å². The van der Waals surface area contributed by atoms with E-state index in [-0.39, 0.29) is 0 Å². The lowest BCUT2D eigenvalue weighted by Gasteiger charge is -2.28. The Hall–Kier alpha value is -1.31. The second kappa shape index (κ2) is 8.08. The number of hydrogen-bond donors (Lipinski definition) is 0. The normalized spacial score (nSPS) is 23.1. The lowest BCUT2D eigenvalue weighted by Crippen LogP contribution is -2.12. The van der Waals surface area contributed by atoms with Gasteiger partial charge in [-0.05, 0) is 68.1 Å². The highest BCUT2D eigenvalue weighted by atomic mass is 19.1. The molecule has 0 N–H and O–H groups in total. The highest BCUT2D eigenvalue weighted by Gasteiger charge is 2.21. The summed E-state index contributed by atoms with van der Waals surface area (Å²) in [6.45, 7) is 2.90. The van der Waals surface area contributed by atoms with Gasteiger partial charge in [-0.2, -0.15) is 0 Å². The van der Waals surface area contributed by atoms with Gasteiger partial charge in [-0.3, -0.25) is 0 Å². The maximum absolute atomic E-state index is 12.0. The lowest BCUT2D eigenvalue weighted by molar-refractivity contribution is 0.315. The van der Waals surface area contributed by atoms with E-state index < -0.39 is 0 Å². The summed E-state index contributed by atoms with van der Waals surface area (Å²) in [7, 11) is 0. The topological polar surface area (TPSA) is 9.23 Å². The third-order valence-electron chi connectivity index (χ3n) is 4.23. The standard InChI is InChI=1S/C18H25FO/c1-2-14-20-18-11-9-17(10-12-18)16-7-5-15(6-8-16)4-3-13-19/h3,9-13,15-16H,2,4-8,14H2,1H3/b13-3+/t15-,16-. The molecule has 1 nitrogen and oxygen atoms in total. The number of halogens is 1. The largest absolute Gasteiger partial charge is 0.494 e. The molecule has 0 saturated heterocycles. The van der Waals surface area contributed by atoms with Crippen molar-refractivity contribution < 1.29 is 9.13 Å². The van der Waals surface area contributed by atoms with Crippen molar-refractivity contribution in [3.63, 3.8) is 0 Å². The maximum atomic E-state index is 12.0. The summed E-state index contributed by atoms with van der Waals surface area (Å²) in [4.78, 5) is 0. The van der Waals surface area contributed by atoms with Crippen LogP contribution in [0.5, 0.6) is 5.75 Å². The highest BCUT2D eigenvalue weighted by Crippen LogP contribution is 2.37. The van der Waals surface area contributed by atoms with E-state index in [0.717, 1.165) is 25.2 Å². The highest BCUT2D eigenvalue weighted by molar-refractivity contribution is 5.29. The molecule has 20 heavy (non-hydrogen) atoms. The molecule has 1 aromatic carbocycles. The molecule has 0 aliphatic heterocycles. The summed E-state index contributed by atoms with van der Waals surface area (Å²) >= 11 is 0. The van der Waals surface area contributed by atoms with Gasteiger partial charge in [0.05, 0.1) is 12.9 Å². The van der Waals surface area contributed by atoms with Crippen molar-refractivity contribution in [2.75, 3.05) is 6.61 Å². The molecule has 0 spiro atoms. The van der Waals surface area contributed by atoms with Gasteiger partial charge in [0.15, 0.2) is 0 Å². The van der Waals surface area contributed by atoms with E-state index in [2.05, 4.69) is 31.2 Å². The molecule has 0 atom stereocenters. The van der Waals surface area contributed by atoms with Crippen molar-refractivity contribution in [1.82, 2.24) is 0 Å². The number of rotatable bonds is 6. The predicted octanol–water partition coefficient (Wildman–Crippen LogP) is 5.62. The Kier molecular flexibility index (Phi) is 6.10. The van der Waals surface area contributed by atoms with Crippen molar-refractivity contribution >= 4 is 0 Å². The van der Waals surface area contributed by atoms with Gasteiger partial charge in [0.2, 0.25) is 0 Å². The second-order valence-corrected chi connectivity index (χ2v) is 5.73. The summed E-state index contributed by atoms with van der Waals surface area (Å²) < 4.78 is 17.6. The predicted molar refractivity (Wildman–Crippen MR) is 81.8 cm³/mol. The zero-order valence-corrected chi connectivity index (χ0v) is 12.4. The maximum Gasteiger partial charge on any atom is 0.119 e. The zero-order chi connectivity index (χ0) is 14.2. The molecular formula is C18H25FO. The van der Waals surface area contributed by atoms with Crippen LogP contribution < -0.4 is 4.74 Å². The molecule has 1 fully saturated rings. The minimum Gasteiger partial charge on any atom is -0.494 e. The van der Waals surface area contributed by atoms with Gasteiger partial charge in [0.1, 0.15) is 5.75 Å². The van der Waals surface area contributed by atoms with E-state index in [1.54, 1.807) is 6.08 Å². The summed E-state index contributed by atoms with van der Waals surface area (Å²) in [6.07, 6.45) is 9.14. The molecule has 1 aliphatic rings. The van der Waals surface area contributed by atoms with Crippen molar-refractivity contribution in [2.24, 2.45) is 5.92 Å². The Morgan fingerprint density at radius 1 is 1.15 bits per heavy atom. The second-order valence-electron chi connectivity index (χ2n) is 5.73. The van der Waals surface area contributed by atoms with E-state index in [0.29, 0.717) is 18.2 Å². The van der Waals surface area contributed by atoms with Gasteiger partial charge in [0, 0.05) is 0 Å². The fourth-order valence-corrected chi connectivity index (χ4v) is 3.03. The summed E-state index contributed by atoms with van der Waals surface area (Å²) in [5.41, 5.74) is 1.42. The Labute approximate surface area is 121 Å². The van der Waals surface area contributed by atoms with Crippen LogP contribution in [-0.2, 0) is 0 Å². The van der Waals surface area contributed by atoms with Gasteiger partial charge < -0.3 is 4.74 Å². The zero-order valence-electron chi connectivity index (χ0n) is 12.4. The quantitative estimate of drug-likeness (QED) is 0.655. The van der Waals surface area contributed by atoms with Crippen LogP contribution in [0.1, 0.15) is 56.9 Å². The number of hydrogen-bond acceptors (Lipinski definition) is 1. The Morgan fingerprint density at radius 3 is 2.45 bits per heavy atom. The molecule has 1 aliphatic carbocycles. The Bertz CT molecular complexity index is 402. The minimum atomic E-state index is 0.667. The van der Waals surface area contributed by atoms with Crippen LogP contribution in [-0.4, -0.2) is 6.61 Å². The first-order valence-corrected chi connectivity index (χ1v) is 7.81. The summed E-state index contributed by atoms with van der Waals surface area (Å²) in [5.74, 6) is 2.31. The lowest BCUT2D eigenvalue weighted by atomic mass is 9.77. The van der Waals surface area contributed by atoms with Crippen molar-refractivity contribution in [2.45, 2.75) is 51.4 Å². The molecule has 110 valence electrons. The first kappa shape index (κ1) is 15.1. The number of allylic oxidation sites excluding steroid dienone is 1. The van der Waals surface area contributed by atoms with Gasteiger partial charge in [0.25, 0.3) is 0 Å². The first-order chi connectivity index (χ1) is 9.83. The molecule has 2 heteroatoms. The van der Waals surface area contributed by atoms with Gasteiger partial charge in [-0.25, -0.2) is 4.39 Å². The van der Waals surface area contributed by atoms with Gasteiger partial charge in [-0.1, -0.05) is 25.1 Å². The van der Waals surface area contributed by atoms with Crippen LogP contribution in [0.3, 0.4) is 0 Å². The van der Waals surface area contributed by atoms with Crippen LogP contribution >= 0.6 is 0 Å². The summed E-state index contributed by atoms with van der Waals surface area (Å²) in [5, 5.41) is 0. The van der Waals surface area contributed by atoms with Crippen LogP contribution in [0.2, 0.25) is 0 Å². The molecule has 0 heterocycles. The fourth-order valence-electron chi connectivity index (χ4n) is 3.03. The molecule has 0 bridgehead atoms. The monoisotopic (exact) mass is 276 g/mol. The molecule has 0 aromatic heterocycles. The van der Waals surface area contributed by atoms with E-state index in [1.165, 1.54) is 31.2 Å². The molecular weight excluding hydrogens is 251 g/mol. The van der Waals surface area contributed by atoms with Crippen LogP contribution in [0, 0.1) is 5.92 Å². The molecule has 2 rings (SSSR count). The van der Waals surface area contributed by atoms with E-state index >= 15 is 0 Å². The molecule has 0 radical (unpaired) electrons. The number of benzene rings is 1. The third kappa shape index (κ3) is 4.36. The van der Waals surface area contributed by atoms with Crippen LogP contribution in [0.4, 0.5) is 4.39 Å². The number of ether oxygens (including phenoxy) is 1. The Morgan fingerprint density at radius 2 is 1.85 bits per heavy atom. The SMILES string of the molecule is CCCOc1ccc([C@H]2CC[C@H](C/C=C/F)CC2)cc1. The molecule has 0 unspecified atom stereocenters. The van der Waals surface area contributed by atoms with E-state index in [4.69, 9.17) is 4.74 Å². The minimum absolute atomic E-state index is 0.667. The van der Waals surface area contributed by atoms with Crippen molar-refractivity contribution in [3.8, 4) is 5.75 Å². The van der Waals surface area contributed by atoms with Gasteiger partial charge >= 0.3 is 0 Å². The van der Waals surface area contributed by atoms with E-state index in [1.807, 2.05) is 0 Å². The Balaban J connectivity index is 1.84. The third-order valence-corrected chi connectivity index (χ3v) is 4.23. The smallest absolute Gasteiger partial charge is 0.119 e. The molecule has 0 amide bonds. The average Bonchev–Trinajstić information content (AvgIpc) is 2.52.